The minimum Gasteiger partial charge on any atom is -0.490 e. The van der Waals surface area contributed by atoms with Crippen molar-refractivity contribution < 1.29 is 19.1 Å². The summed E-state index contributed by atoms with van der Waals surface area (Å²) in [6.07, 6.45) is 3.26. The summed E-state index contributed by atoms with van der Waals surface area (Å²) in [7, 11) is 0. The second-order valence-electron chi connectivity index (χ2n) is 6.50. The normalized spacial score (nSPS) is 13.2. The smallest absolute Gasteiger partial charge is 0.329 e. The topological polar surface area (TPSA) is 89.0 Å². The molecule has 0 aliphatic heterocycles. The van der Waals surface area contributed by atoms with Crippen molar-refractivity contribution >= 4 is 29.6 Å². The number of hydrazone groups is 1. The molecule has 1 fully saturated rings. The van der Waals surface area contributed by atoms with E-state index in [0.717, 1.165) is 18.4 Å². The van der Waals surface area contributed by atoms with Gasteiger partial charge in [-0.1, -0.05) is 23.7 Å². The first kappa shape index (κ1) is 20.7. The van der Waals surface area contributed by atoms with Crippen molar-refractivity contribution in [3.05, 3.63) is 58.6 Å². The Labute approximate surface area is 174 Å². The van der Waals surface area contributed by atoms with E-state index in [1.807, 2.05) is 31.2 Å². The van der Waals surface area contributed by atoms with Gasteiger partial charge in [0, 0.05) is 11.1 Å². The standard InChI is InChI=1S/C21H22ClN3O4/c1-2-28-19-11-15(12-23-25-21(27)20(26)24-17-8-9-17)5-10-18(19)29-13-14-3-6-16(22)7-4-14/h3-7,10-12,17H,2,8-9,13H2,1H3,(H,24,26)(H,25,27)/b23-12-. The average molecular weight is 416 g/mol. The van der Waals surface area contributed by atoms with Gasteiger partial charge in [0.1, 0.15) is 6.61 Å². The van der Waals surface area contributed by atoms with E-state index in [4.69, 9.17) is 21.1 Å². The van der Waals surface area contributed by atoms with E-state index in [1.54, 1.807) is 18.2 Å². The van der Waals surface area contributed by atoms with Crippen LogP contribution in [-0.2, 0) is 16.2 Å². The highest BCUT2D eigenvalue weighted by molar-refractivity contribution is 6.35. The number of hydrogen-bond acceptors (Lipinski definition) is 5. The number of amides is 2. The zero-order chi connectivity index (χ0) is 20.6. The van der Waals surface area contributed by atoms with Gasteiger partial charge in [-0.05, 0) is 61.2 Å². The Morgan fingerprint density at radius 3 is 2.55 bits per heavy atom. The highest BCUT2D eigenvalue weighted by Crippen LogP contribution is 2.29. The highest BCUT2D eigenvalue weighted by atomic mass is 35.5. The fraction of sp³-hybridized carbons (Fsp3) is 0.286. The number of rotatable bonds is 8. The molecule has 0 spiro atoms. The van der Waals surface area contributed by atoms with Gasteiger partial charge in [-0.15, -0.1) is 0 Å². The zero-order valence-corrected chi connectivity index (χ0v) is 16.7. The quantitative estimate of drug-likeness (QED) is 0.394. The van der Waals surface area contributed by atoms with Crippen molar-refractivity contribution in [3.63, 3.8) is 0 Å². The minimum atomic E-state index is -0.791. The van der Waals surface area contributed by atoms with Crippen molar-refractivity contribution in [2.75, 3.05) is 6.61 Å². The van der Waals surface area contributed by atoms with Gasteiger partial charge in [-0.3, -0.25) is 9.59 Å². The summed E-state index contributed by atoms with van der Waals surface area (Å²) < 4.78 is 11.5. The molecule has 0 aromatic heterocycles. The van der Waals surface area contributed by atoms with E-state index in [2.05, 4.69) is 15.8 Å². The number of carbonyl (C=O) groups excluding carboxylic acids is 2. The molecule has 29 heavy (non-hydrogen) atoms. The Kier molecular flexibility index (Phi) is 7.08. The SMILES string of the molecule is CCOc1cc(/C=N\NC(=O)C(=O)NC2CC2)ccc1OCc1ccc(Cl)cc1. The summed E-state index contributed by atoms with van der Waals surface area (Å²) in [6, 6.07) is 12.8. The molecule has 2 aromatic rings. The molecule has 1 saturated carbocycles. The third-order valence-electron chi connectivity index (χ3n) is 4.07. The van der Waals surface area contributed by atoms with Crippen LogP contribution in [0, 0.1) is 0 Å². The third-order valence-corrected chi connectivity index (χ3v) is 4.33. The predicted octanol–water partition coefficient (Wildman–Crippen LogP) is 3.05. The second kappa shape index (κ2) is 9.93. The summed E-state index contributed by atoms with van der Waals surface area (Å²) in [4.78, 5) is 23.3. The van der Waals surface area contributed by atoms with Crippen LogP contribution in [0.2, 0.25) is 5.02 Å². The van der Waals surface area contributed by atoms with Crippen LogP contribution < -0.4 is 20.2 Å². The van der Waals surface area contributed by atoms with Crippen molar-refractivity contribution in [1.82, 2.24) is 10.7 Å². The van der Waals surface area contributed by atoms with Gasteiger partial charge in [-0.2, -0.15) is 5.10 Å². The molecule has 0 saturated heterocycles. The molecule has 2 amide bonds. The maximum atomic E-state index is 11.7. The minimum absolute atomic E-state index is 0.117. The average Bonchev–Trinajstić information content (AvgIpc) is 3.52. The molecule has 3 rings (SSSR count). The van der Waals surface area contributed by atoms with Gasteiger partial charge in [0.25, 0.3) is 0 Å². The Morgan fingerprint density at radius 2 is 1.86 bits per heavy atom. The molecule has 1 aliphatic carbocycles. The van der Waals surface area contributed by atoms with Crippen LogP contribution in [0.15, 0.2) is 47.6 Å². The predicted molar refractivity (Wildman–Crippen MR) is 110 cm³/mol. The van der Waals surface area contributed by atoms with Gasteiger partial charge in [0.15, 0.2) is 11.5 Å². The van der Waals surface area contributed by atoms with E-state index in [1.165, 1.54) is 6.21 Å². The first-order valence-electron chi connectivity index (χ1n) is 9.33. The first-order chi connectivity index (χ1) is 14.0. The van der Waals surface area contributed by atoms with Crippen LogP contribution >= 0.6 is 11.6 Å². The van der Waals surface area contributed by atoms with Crippen LogP contribution in [0.1, 0.15) is 30.9 Å². The summed E-state index contributed by atoms with van der Waals surface area (Å²) in [5.41, 5.74) is 3.89. The van der Waals surface area contributed by atoms with Crippen LogP contribution in [0.25, 0.3) is 0 Å². The molecule has 152 valence electrons. The van der Waals surface area contributed by atoms with E-state index >= 15 is 0 Å². The molecule has 0 radical (unpaired) electrons. The van der Waals surface area contributed by atoms with Gasteiger partial charge in [0.05, 0.1) is 12.8 Å². The van der Waals surface area contributed by atoms with E-state index in [0.29, 0.717) is 35.3 Å². The van der Waals surface area contributed by atoms with Crippen molar-refractivity contribution in [2.24, 2.45) is 5.10 Å². The number of ether oxygens (including phenoxy) is 2. The van der Waals surface area contributed by atoms with Crippen LogP contribution in [-0.4, -0.2) is 30.7 Å². The number of halogens is 1. The van der Waals surface area contributed by atoms with Crippen molar-refractivity contribution in [1.29, 1.82) is 0 Å². The highest BCUT2D eigenvalue weighted by Gasteiger charge is 2.26. The van der Waals surface area contributed by atoms with Gasteiger partial charge >= 0.3 is 11.8 Å². The zero-order valence-electron chi connectivity index (χ0n) is 16.0. The molecule has 0 unspecified atom stereocenters. The number of nitrogens with one attached hydrogen (secondary N) is 2. The van der Waals surface area contributed by atoms with Crippen molar-refractivity contribution in [3.8, 4) is 11.5 Å². The maximum absolute atomic E-state index is 11.7. The summed E-state index contributed by atoms with van der Waals surface area (Å²) >= 11 is 5.89. The number of nitrogens with zero attached hydrogens (tertiary/aromatic N) is 1. The van der Waals surface area contributed by atoms with Crippen LogP contribution in [0.3, 0.4) is 0 Å². The summed E-state index contributed by atoms with van der Waals surface area (Å²) in [6.45, 7) is 2.72. The number of benzene rings is 2. The van der Waals surface area contributed by atoms with Gasteiger partial charge in [-0.25, -0.2) is 5.43 Å². The lowest BCUT2D eigenvalue weighted by atomic mass is 10.2. The summed E-state index contributed by atoms with van der Waals surface area (Å²) in [5.74, 6) is -0.318. The fourth-order valence-corrected chi connectivity index (χ4v) is 2.56. The third kappa shape index (κ3) is 6.50. The number of carbonyl (C=O) groups is 2. The van der Waals surface area contributed by atoms with E-state index in [-0.39, 0.29) is 6.04 Å². The molecule has 2 aromatic carbocycles. The molecule has 8 heteroatoms. The molecule has 2 N–H and O–H groups in total. The largest absolute Gasteiger partial charge is 0.490 e. The van der Waals surface area contributed by atoms with E-state index in [9.17, 15) is 9.59 Å². The van der Waals surface area contributed by atoms with E-state index < -0.39 is 11.8 Å². The molecule has 0 heterocycles. The molecule has 1 aliphatic rings. The lowest BCUT2D eigenvalue weighted by molar-refractivity contribution is -0.139. The van der Waals surface area contributed by atoms with Crippen molar-refractivity contribution in [2.45, 2.75) is 32.4 Å². The summed E-state index contributed by atoms with van der Waals surface area (Å²) in [5, 5.41) is 7.10. The molecular formula is C21H22ClN3O4. The Balaban J connectivity index is 1.59. The Morgan fingerprint density at radius 1 is 1.10 bits per heavy atom. The Bertz CT molecular complexity index is 895. The van der Waals surface area contributed by atoms with Gasteiger partial charge < -0.3 is 14.8 Å². The molecular weight excluding hydrogens is 394 g/mol. The molecule has 0 atom stereocenters. The lowest BCUT2D eigenvalue weighted by Crippen LogP contribution is -2.38. The van der Waals surface area contributed by atoms with Gasteiger partial charge in [0.2, 0.25) is 0 Å². The molecule has 0 bridgehead atoms. The molecule has 7 nitrogen and oxygen atoms in total. The maximum Gasteiger partial charge on any atom is 0.329 e. The van der Waals surface area contributed by atoms with Crippen LogP contribution in [0.5, 0.6) is 11.5 Å². The van der Waals surface area contributed by atoms with Crippen LogP contribution in [0.4, 0.5) is 0 Å². The lowest BCUT2D eigenvalue weighted by Gasteiger charge is -2.12. The number of hydrogen-bond donors (Lipinski definition) is 2. The fourth-order valence-electron chi connectivity index (χ4n) is 2.43. The first-order valence-corrected chi connectivity index (χ1v) is 9.71. The second-order valence-corrected chi connectivity index (χ2v) is 6.94. The monoisotopic (exact) mass is 415 g/mol. The Hall–Kier alpha value is -3.06.